The average molecular weight is 580 g/mol. The van der Waals surface area contributed by atoms with Crippen molar-refractivity contribution < 1.29 is 28.7 Å². The van der Waals surface area contributed by atoms with Crippen molar-refractivity contribution >= 4 is 23.7 Å². The van der Waals surface area contributed by atoms with Crippen LogP contribution in [0.4, 0.5) is 0 Å². The maximum atomic E-state index is 13.1. The molecule has 1 aromatic carbocycles. The Morgan fingerprint density at radius 3 is 2.33 bits per heavy atom. The highest BCUT2D eigenvalue weighted by molar-refractivity contribution is 5.96. The molecule has 11 heteroatoms. The number of rotatable bonds is 7. The van der Waals surface area contributed by atoms with Crippen LogP contribution >= 0.6 is 0 Å². The highest BCUT2D eigenvalue weighted by Crippen LogP contribution is 2.38. The van der Waals surface area contributed by atoms with Crippen molar-refractivity contribution in [2.24, 2.45) is 11.3 Å². The van der Waals surface area contributed by atoms with E-state index in [1.165, 1.54) is 6.92 Å². The minimum absolute atomic E-state index is 0.00951. The molecule has 0 saturated carbocycles. The second-order valence-electron chi connectivity index (χ2n) is 11.8. The summed E-state index contributed by atoms with van der Waals surface area (Å²) < 4.78 is 13.0. The van der Waals surface area contributed by atoms with Gasteiger partial charge in [-0.1, -0.05) is 6.92 Å². The van der Waals surface area contributed by atoms with Crippen LogP contribution in [0.3, 0.4) is 0 Å². The number of carbonyl (C=O) groups is 4. The van der Waals surface area contributed by atoms with E-state index in [4.69, 9.17) is 14.6 Å². The van der Waals surface area contributed by atoms with Gasteiger partial charge in [-0.3, -0.25) is 19.1 Å². The number of esters is 1. The molecule has 5 rings (SSSR count). The van der Waals surface area contributed by atoms with Gasteiger partial charge in [0, 0.05) is 70.5 Å². The zero-order chi connectivity index (χ0) is 29.9. The molecule has 4 heterocycles. The Labute approximate surface area is 246 Å². The highest BCUT2D eigenvalue weighted by Gasteiger charge is 2.39. The lowest BCUT2D eigenvalue weighted by atomic mass is 9.75. The third kappa shape index (κ3) is 6.35. The van der Waals surface area contributed by atoms with Gasteiger partial charge in [0.15, 0.2) is 0 Å². The molecule has 3 amide bonds. The van der Waals surface area contributed by atoms with E-state index in [0.29, 0.717) is 75.7 Å². The first-order chi connectivity index (χ1) is 20.2. The van der Waals surface area contributed by atoms with Gasteiger partial charge in [-0.25, -0.2) is 4.79 Å². The molecule has 0 bridgehead atoms. The van der Waals surface area contributed by atoms with Crippen molar-refractivity contribution in [2.45, 2.75) is 53.0 Å². The summed E-state index contributed by atoms with van der Waals surface area (Å²) in [7, 11) is 0. The molecule has 3 aliphatic rings. The van der Waals surface area contributed by atoms with Crippen LogP contribution in [0.25, 0.3) is 0 Å². The maximum absolute atomic E-state index is 13.1. The van der Waals surface area contributed by atoms with Crippen LogP contribution in [-0.4, -0.2) is 95.8 Å². The summed E-state index contributed by atoms with van der Waals surface area (Å²) in [4.78, 5) is 53.8. The number of aryl methyl sites for hydroxylation is 1. The molecule has 2 aromatic rings. The number of carbonyl (C=O) groups excluding carboxylic acids is 4. The van der Waals surface area contributed by atoms with Gasteiger partial charge in [0.2, 0.25) is 5.91 Å². The van der Waals surface area contributed by atoms with Crippen molar-refractivity contribution in [3.05, 3.63) is 52.3 Å². The first-order valence-corrected chi connectivity index (χ1v) is 15.0. The van der Waals surface area contributed by atoms with E-state index in [0.717, 1.165) is 30.5 Å². The largest absolute Gasteiger partial charge is 0.462 e. The Morgan fingerprint density at radius 1 is 1.05 bits per heavy atom. The van der Waals surface area contributed by atoms with Crippen molar-refractivity contribution in [3.63, 3.8) is 0 Å². The first kappa shape index (κ1) is 29.8. The second kappa shape index (κ2) is 12.6. The molecule has 3 aliphatic heterocycles. The van der Waals surface area contributed by atoms with Crippen LogP contribution in [0.1, 0.15) is 76.1 Å². The quantitative estimate of drug-likeness (QED) is 0.500. The number of piperazine rings is 1. The molecule has 1 unspecified atom stereocenters. The summed E-state index contributed by atoms with van der Waals surface area (Å²) in [5.74, 6) is -0.638. The van der Waals surface area contributed by atoms with E-state index in [9.17, 15) is 19.2 Å². The molecule has 2 fully saturated rings. The number of hydrogen-bond acceptors (Lipinski definition) is 7. The van der Waals surface area contributed by atoms with Crippen molar-refractivity contribution in [1.29, 1.82) is 0 Å². The van der Waals surface area contributed by atoms with E-state index in [2.05, 4.69) is 5.32 Å². The number of ether oxygens (including phenoxy) is 2. The number of fused-ring (bicyclic) bond motifs is 1. The Hall–Kier alpha value is -3.73. The third-order valence-electron chi connectivity index (χ3n) is 8.80. The van der Waals surface area contributed by atoms with Gasteiger partial charge in [-0.2, -0.15) is 5.10 Å². The smallest absolute Gasteiger partial charge is 0.338 e. The van der Waals surface area contributed by atoms with Gasteiger partial charge < -0.3 is 24.6 Å². The fourth-order valence-electron chi connectivity index (χ4n) is 6.17. The Kier molecular flexibility index (Phi) is 8.96. The number of benzene rings is 1. The molecule has 226 valence electrons. The fourth-order valence-corrected chi connectivity index (χ4v) is 6.17. The van der Waals surface area contributed by atoms with Crippen LogP contribution in [0.15, 0.2) is 24.3 Å². The van der Waals surface area contributed by atoms with Crippen molar-refractivity contribution in [3.8, 4) is 0 Å². The topological polar surface area (TPSA) is 123 Å². The first-order valence-electron chi connectivity index (χ1n) is 15.0. The summed E-state index contributed by atoms with van der Waals surface area (Å²) in [6.07, 6.45) is 3.17. The Morgan fingerprint density at radius 2 is 1.69 bits per heavy atom. The van der Waals surface area contributed by atoms with Crippen LogP contribution in [-0.2, 0) is 33.7 Å². The molecule has 2 saturated heterocycles. The second-order valence-corrected chi connectivity index (χ2v) is 11.8. The number of hydrogen-bond donors (Lipinski definition) is 1. The number of nitrogens with one attached hydrogen (secondary N) is 1. The lowest BCUT2D eigenvalue weighted by Crippen LogP contribution is -2.50. The minimum atomic E-state index is -0.450. The average Bonchev–Trinajstić information content (AvgIpc) is 3.27. The van der Waals surface area contributed by atoms with E-state index in [1.54, 1.807) is 38.7 Å². The van der Waals surface area contributed by atoms with Crippen LogP contribution < -0.4 is 5.32 Å². The van der Waals surface area contributed by atoms with Crippen molar-refractivity contribution in [1.82, 2.24) is 24.9 Å². The Balaban J connectivity index is 1.19. The summed E-state index contributed by atoms with van der Waals surface area (Å²) >= 11 is 0. The molecule has 0 radical (unpaired) electrons. The SMILES string of the molecule is CCn1nc(CC(C)COC(=O)c2ccc(C(=O)N3CCN(C(C)=O)CC3)cc2)c2c1C(=O)NCC1(CCOCC1)C2. The maximum Gasteiger partial charge on any atom is 0.338 e. The van der Waals surface area contributed by atoms with Crippen LogP contribution in [0.2, 0.25) is 0 Å². The van der Waals surface area contributed by atoms with Gasteiger partial charge in [0.05, 0.1) is 17.9 Å². The summed E-state index contributed by atoms with van der Waals surface area (Å²) in [6.45, 7) is 10.4. The summed E-state index contributed by atoms with van der Waals surface area (Å²) in [5, 5.41) is 7.95. The highest BCUT2D eigenvalue weighted by atomic mass is 16.5. The van der Waals surface area contributed by atoms with E-state index in [-0.39, 0.29) is 35.7 Å². The third-order valence-corrected chi connectivity index (χ3v) is 8.80. The number of amides is 3. The minimum Gasteiger partial charge on any atom is -0.462 e. The zero-order valence-corrected chi connectivity index (χ0v) is 24.8. The predicted molar refractivity (Wildman–Crippen MR) is 154 cm³/mol. The van der Waals surface area contributed by atoms with Gasteiger partial charge in [0.25, 0.3) is 11.8 Å². The van der Waals surface area contributed by atoms with Crippen LogP contribution in [0.5, 0.6) is 0 Å². The molecular weight excluding hydrogens is 538 g/mol. The van der Waals surface area contributed by atoms with Crippen molar-refractivity contribution in [2.75, 3.05) is 52.5 Å². The van der Waals surface area contributed by atoms with E-state index < -0.39 is 5.97 Å². The normalized spacial score (nSPS) is 19.1. The molecule has 1 aromatic heterocycles. The standard InChI is InChI=1S/C31H41N5O6/c1-4-36-27-25(18-31(20-32-28(27)38)9-15-41-16-10-31)26(33-36)17-21(2)19-42-30(40)24-7-5-23(6-8-24)29(39)35-13-11-34(12-14-35)22(3)37/h5-8,21H,4,9-20H2,1-3H3,(H,32,38). The fraction of sp³-hybridized carbons (Fsp3) is 0.581. The van der Waals surface area contributed by atoms with Gasteiger partial charge >= 0.3 is 5.97 Å². The monoisotopic (exact) mass is 579 g/mol. The lowest BCUT2D eigenvalue weighted by Gasteiger charge is -2.36. The van der Waals surface area contributed by atoms with Gasteiger partial charge in [-0.05, 0) is 68.2 Å². The molecule has 1 atom stereocenters. The molecule has 1 N–H and O–H groups in total. The van der Waals surface area contributed by atoms with Gasteiger partial charge in [0.1, 0.15) is 5.69 Å². The lowest BCUT2D eigenvalue weighted by molar-refractivity contribution is -0.130. The number of nitrogens with zero attached hydrogens (tertiary/aromatic N) is 4. The van der Waals surface area contributed by atoms with E-state index >= 15 is 0 Å². The van der Waals surface area contributed by atoms with E-state index in [1.807, 2.05) is 13.8 Å². The number of aromatic nitrogens is 2. The molecule has 42 heavy (non-hydrogen) atoms. The molecule has 1 spiro atoms. The molecular formula is C31H41N5O6. The Bertz CT molecular complexity index is 1320. The molecule has 11 nitrogen and oxygen atoms in total. The summed E-state index contributed by atoms with van der Waals surface area (Å²) in [5.41, 5.74) is 3.40. The summed E-state index contributed by atoms with van der Waals surface area (Å²) in [6, 6.07) is 6.51. The van der Waals surface area contributed by atoms with Gasteiger partial charge in [-0.15, -0.1) is 0 Å². The predicted octanol–water partition coefficient (Wildman–Crippen LogP) is 2.33. The molecule has 0 aliphatic carbocycles. The van der Waals surface area contributed by atoms with Crippen LogP contribution in [0, 0.1) is 11.3 Å². The zero-order valence-electron chi connectivity index (χ0n) is 24.8.